The molecule has 98 valence electrons. The number of aromatic nitrogens is 1. The van der Waals surface area contributed by atoms with Crippen molar-refractivity contribution in [1.29, 1.82) is 0 Å². The molecule has 0 fully saturated rings. The number of nitrogens with zero attached hydrogens (tertiary/aromatic N) is 1. The Morgan fingerprint density at radius 3 is 2.75 bits per heavy atom. The molecular weight excluding hydrogens is 257 g/mol. The molecule has 0 saturated heterocycles. The Labute approximate surface area is 114 Å². The number of hydrogen-bond acceptors (Lipinski definition) is 2. The Bertz CT molecular complexity index is 809. The topological polar surface area (TPSA) is 50.2 Å². The molecule has 3 aromatic rings. The summed E-state index contributed by atoms with van der Waals surface area (Å²) in [6.45, 7) is 0. The van der Waals surface area contributed by atoms with Gasteiger partial charge in [-0.2, -0.15) is 0 Å². The van der Waals surface area contributed by atoms with Crippen molar-refractivity contribution in [1.82, 2.24) is 4.98 Å². The molecule has 1 heterocycles. The normalized spacial score (nSPS) is 10.7. The maximum atomic E-state index is 13.5. The third kappa shape index (κ3) is 2.01. The molecule has 2 aromatic carbocycles. The van der Waals surface area contributed by atoms with Gasteiger partial charge in [-0.25, -0.2) is 9.18 Å². The summed E-state index contributed by atoms with van der Waals surface area (Å²) in [5, 5.41) is 11.0. The van der Waals surface area contributed by atoms with E-state index in [0.29, 0.717) is 11.1 Å². The summed E-state index contributed by atoms with van der Waals surface area (Å²) in [5.41, 5.74) is 1.09. The minimum atomic E-state index is -1.08. The molecule has 3 nitrogen and oxygen atoms in total. The standard InChI is InChI=1S/C16H10FNO2/c17-11-4-5-13(16(19)20)14(8-11)12-3-1-2-10-6-7-18-9-15(10)12/h1-9H,(H,19,20). The van der Waals surface area contributed by atoms with E-state index in [0.717, 1.165) is 16.8 Å². The van der Waals surface area contributed by atoms with E-state index in [1.165, 1.54) is 12.1 Å². The Hall–Kier alpha value is -2.75. The van der Waals surface area contributed by atoms with Gasteiger partial charge in [0.05, 0.1) is 5.56 Å². The highest BCUT2D eigenvalue weighted by atomic mass is 19.1. The molecule has 0 aliphatic carbocycles. The fourth-order valence-electron chi connectivity index (χ4n) is 2.27. The molecule has 1 N–H and O–H groups in total. The molecule has 0 radical (unpaired) electrons. The van der Waals surface area contributed by atoms with Crippen LogP contribution in [0.4, 0.5) is 4.39 Å². The molecule has 1 aromatic heterocycles. The van der Waals surface area contributed by atoms with Crippen molar-refractivity contribution in [3.05, 3.63) is 66.2 Å². The number of fused-ring (bicyclic) bond motifs is 1. The molecule has 0 spiro atoms. The fraction of sp³-hybridized carbons (Fsp3) is 0. The van der Waals surface area contributed by atoms with E-state index < -0.39 is 11.8 Å². The number of benzene rings is 2. The number of aromatic carboxylic acids is 1. The van der Waals surface area contributed by atoms with Crippen LogP contribution in [0.1, 0.15) is 10.4 Å². The van der Waals surface area contributed by atoms with Crippen molar-refractivity contribution in [2.45, 2.75) is 0 Å². The van der Waals surface area contributed by atoms with Crippen LogP contribution in [0.5, 0.6) is 0 Å². The number of carbonyl (C=O) groups is 1. The lowest BCUT2D eigenvalue weighted by Crippen LogP contribution is -2.00. The second-order valence-electron chi connectivity index (χ2n) is 4.40. The summed E-state index contributed by atoms with van der Waals surface area (Å²) in [6.07, 6.45) is 3.32. The first-order valence-electron chi connectivity index (χ1n) is 6.03. The van der Waals surface area contributed by atoms with Gasteiger partial charge in [0.1, 0.15) is 5.82 Å². The minimum Gasteiger partial charge on any atom is -0.478 e. The highest BCUT2D eigenvalue weighted by molar-refractivity contribution is 6.03. The van der Waals surface area contributed by atoms with Crippen molar-refractivity contribution in [3.8, 4) is 11.1 Å². The van der Waals surface area contributed by atoms with Crippen molar-refractivity contribution in [3.63, 3.8) is 0 Å². The Balaban J connectivity index is 2.36. The molecule has 0 aliphatic rings. The highest BCUT2D eigenvalue weighted by Crippen LogP contribution is 2.31. The van der Waals surface area contributed by atoms with E-state index in [1.54, 1.807) is 18.5 Å². The number of rotatable bonds is 2. The fourth-order valence-corrected chi connectivity index (χ4v) is 2.27. The van der Waals surface area contributed by atoms with Crippen LogP contribution >= 0.6 is 0 Å². The van der Waals surface area contributed by atoms with Gasteiger partial charge in [-0.1, -0.05) is 18.2 Å². The summed E-state index contributed by atoms with van der Waals surface area (Å²) < 4.78 is 13.5. The number of carboxylic acids is 1. The van der Waals surface area contributed by atoms with Crippen molar-refractivity contribution in [2.24, 2.45) is 0 Å². The molecule has 20 heavy (non-hydrogen) atoms. The third-order valence-electron chi connectivity index (χ3n) is 3.19. The van der Waals surface area contributed by atoms with Crippen LogP contribution in [0.3, 0.4) is 0 Å². The predicted molar refractivity (Wildman–Crippen MR) is 74.1 cm³/mol. The van der Waals surface area contributed by atoms with Gasteiger partial charge in [0.25, 0.3) is 0 Å². The quantitative estimate of drug-likeness (QED) is 0.769. The summed E-state index contributed by atoms with van der Waals surface area (Å²) in [6, 6.07) is 11.0. The zero-order chi connectivity index (χ0) is 14.1. The van der Waals surface area contributed by atoms with Crippen LogP contribution in [0.15, 0.2) is 54.9 Å². The van der Waals surface area contributed by atoms with E-state index in [4.69, 9.17) is 0 Å². The van der Waals surface area contributed by atoms with Gasteiger partial charge in [-0.15, -0.1) is 0 Å². The van der Waals surface area contributed by atoms with Crippen LogP contribution in [-0.2, 0) is 0 Å². The SMILES string of the molecule is O=C(O)c1ccc(F)cc1-c1cccc2ccncc12. The molecular formula is C16H10FNO2. The second kappa shape index (κ2) is 4.74. The van der Waals surface area contributed by atoms with Crippen LogP contribution in [0.25, 0.3) is 21.9 Å². The van der Waals surface area contributed by atoms with Crippen molar-refractivity contribution >= 4 is 16.7 Å². The van der Waals surface area contributed by atoms with E-state index >= 15 is 0 Å². The van der Waals surface area contributed by atoms with Crippen LogP contribution in [0.2, 0.25) is 0 Å². The maximum Gasteiger partial charge on any atom is 0.336 e. The average molecular weight is 267 g/mol. The van der Waals surface area contributed by atoms with Gasteiger partial charge < -0.3 is 5.11 Å². The molecule has 3 rings (SSSR count). The molecule has 0 bridgehead atoms. The summed E-state index contributed by atoms with van der Waals surface area (Å²) in [5.74, 6) is -1.55. The van der Waals surface area contributed by atoms with E-state index in [2.05, 4.69) is 4.98 Å². The molecule has 0 aliphatic heterocycles. The van der Waals surface area contributed by atoms with E-state index in [1.807, 2.05) is 18.2 Å². The van der Waals surface area contributed by atoms with E-state index in [-0.39, 0.29) is 5.56 Å². The average Bonchev–Trinajstić information content (AvgIpc) is 2.46. The van der Waals surface area contributed by atoms with Crippen LogP contribution < -0.4 is 0 Å². The smallest absolute Gasteiger partial charge is 0.336 e. The van der Waals surface area contributed by atoms with Crippen LogP contribution in [-0.4, -0.2) is 16.1 Å². The van der Waals surface area contributed by atoms with Gasteiger partial charge in [0, 0.05) is 17.8 Å². The summed E-state index contributed by atoms with van der Waals surface area (Å²) in [7, 11) is 0. The molecule has 0 amide bonds. The molecule has 0 unspecified atom stereocenters. The number of pyridine rings is 1. The van der Waals surface area contributed by atoms with Gasteiger partial charge >= 0.3 is 5.97 Å². The Morgan fingerprint density at radius 1 is 1.10 bits per heavy atom. The monoisotopic (exact) mass is 267 g/mol. The molecule has 0 atom stereocenters. The lowest BCUT2D eigenvalue weighted by Gasteiger charge is -2.09. The summed E-state index contributed by atoms with van der Waals surface area (Å²) >= 11 is 0. The third-order valence-corrected chi connectivity index (χ3v) is 3.19. The van der Waals surface area contributed by atoms with Crippen molar-refractivity contribution in [2.75, 3.05) is 0 Å². The lowest BCUT2D eigenvalue weighted by molar-refractivity contribution is 0.0697. The molecule has 0 saturated carbocycles. The minimum absolute atomic E-state index is 0.0720. The largest absolute Gasteiger partial charge is 0.478 e. The van der Waals surface area contributed by atoms with Gasteiger partial charge in [0.15, 0.2) is 0 Å². The van der Waals surface area contributed by atoms with Crippen molar-refractivity contribution < 1.29 is 14.3 Å². The Morgan fingerprint density at radius 2 is 1.95 bits per heavy atom. The second-order valence-corrected chi connectivity index (χ2v) is 4.40. The first kappa shape index (κ1) is 12.3. The van der Waals surface area contributed by atoms with E-state index in [9.17, 15) is 14.3 Å². The maximum absolute atomic E-state index is 13.5. The van der Waals surface area contributed by atoms with Gasteiger partial charge in [-0.3, -0.25) is 4.98 Å². The lowest BCUT2D eigenvalue weighted by atomic mass is 9.95. The number of carboxylic acid groups (broad SMARTS) is 1. The first-order valence-corrected chi connectivity index (χ1v) is 6.03. The first-order chi connectivity index (χ1) is 9.66. The predicted octanol–water partition coefficient (Wildman–Crippen LogP) is 3.74. The van der Waals surface area contributed by atoms with Gasteiger partial charge in [-0.05, 0) is 40.8 Å². The van der Waals surface area contributed by atoms with Crippen LogP contribution in [0, 0.1) is 5.82 Å². The van der Waals surface area contributed by atoms with Gasteiger partial charge in [0.2, 0.25) is 0 Å². The summed E-state index contributed by atoms with van der Waals surface area (Å²) in [4.78, 5) is 15.4. The number of hydrogen-bond donors (Lipinski definition) is 1. The zero-order valence-corrected chi connectivity index (χ0v) is 10.4. The molecule has 4 heteroatoms. The number of halogens is 1. The zero-order valence-electron chi connectivity index (χ0n) is 10.4. The highest BCUT2D eigenvalue weighted by Gasteiger charge is 2.14. The Kier molecular flexibility index (Phi) is 2.91.